The van der Waals surface area contributed by atoms with Crippen LogP contribution in [0.2, 0.25) is 10.0 Å². The number of benzene rings is 1. The fraction of sp³-hybridized carbons (Fsp3) is 0.133. The molecule has 0 saturated carbocycles. The number of rotatable bonds is 5. The number of carbonyl (C=O) groups excluding carboxylic acids is 1. The molecule has 0 fully saturated rings. The summed E-state index contributed by atoms with van der Waals surface area (Å²) in [4.78, 5) is 12.1. The van der Waals surface area contributed by atoms with Crippen molar-refractivity contribution in [3.05, 3.63) is 45.0 Å². The van der Waals surface area contributed by atoms with Crippen molar-refractivity contribution in [2.24, 2.45) is 7.05 Å². The monoisotopic (exact) mass is 460 g/mol. The van der Waals surface area contributed by atoms with Crippen LogP contribution in [0.5, 0.6) is 0 Å². The van der Waals surface area contributed by atoms with Gasteiger partial charge in [0.2, 0.25) is 5.91 Å². The topological polar surface area (TPSA) is 73.0 Å². The van der Waals surface area contributed by atoms with Crippen LogP contribution in [0.1, 0.15) is 0 Å². The zero-order chi connectivity index (χ0) is 18.0. The summed E-state index contributed by atoms with van der Waals surface area (Å²) in [5, 5.41) is 12.4. The van der Waals surface area contributed by atoms with Crippen molar-refractivity contribution in [1.29, 1.82) is 0 Å². The Balaban J connectivity index is 1.63. The lowest BCUT2D eigenvalue weighted by Gasteiger charge is -2.06. The lowest BCUT2D eigenvalue weighted by molar-refractivity contribution is -0.113. The number of anilines is 1. The van der Waals surface area contributed by atoms with Gasteiger partial charge in [-0.1, -0.05) is 35.0 Å². The molecule has 0 aliphatic heterocycles. The van der Waals surface area contributed by atoms with Crippen LogP contribution in [0.3, 0.4) is 0 Å². The average molecular weight is 462 g/mol. The van der Waals surface area contributed by atoms with Crippen molar-refractivity contribution in [2.45, 2.75) is 5.16 Å². The summed E-state index contributed by atoms with van der Waals surface area (Å²) in [5.41, 5.74) is 0.544. The van der Waals surface area contributed by atoms with E-state index in [0.717, 1.165) is 0 Å². The molecule has 130 valence electrons. The first-order valence-corrected chi connectivity index (χ1v) is 9.49. The molecular formula is C15H11BrCl2N4O2S. The van der Waals surface area contributed by atoms with Crippen molar-refractivity contribution in [2.75, 3.05) is 11.1 Å². The van der Waals surface area contributed by atoms with Crippen LogP contribution in [0.25, 0.3) is 11.6 Å². The molecule has 0 radical (unpaired) electrons. The molecule has 3 aromatic rings. The van der Waals surface area contributed by atoms with E-state index in [1.54, 1.807) is 34.9 Å². The summed E-state index contributed by atoms with van der Waals surface area (Å²) in [6.07, 6.45) is 0. The average Bonchev–Trinajstić information content (AvgIpc) is 3.10. The van der Waals surface area contributed by atoms with E-state index in [1.165, 1.54) is 11.8 Å². The van der Waals surface area contributed by atoms with Crippen molar-refractivity contribution >= 4 is 62.5 Å². The molecule has 1 aromatic carbocycles. The van der Waals surface area contributed by atoms with Gasteiger partial charge in [0.05, 0.1) is 5.75 Å². The molecule has 0 spiro atoms. The molecule has 25 heavy (non-hydrogen) atoms. The molecule has 0 bridgehead atoms. The van der Waals surface area contributed by atoms with Gasteiger partial charge in [-0.2, -0.15) is 0 Å². The van der Waals surface area contributed by atoms with Gasteiger partial charge in [0.15, 0.2) is 21.4 Å². The fourth-order valence-electron chi connectivity index (χ4n) is 2.04. The number of halogens is 3. The van der Waals surface area contributed by atoms with Crippen molar-refractivity contribution in [3.63, 3.8) is 0 Å². The highest BCUT2D eigenvalue weighted by molar-refractivity contribution is 9.10. The maximum absolute atomic E-state index is 12.1. The predicted molar refractivity (Wildman–Crippen MR) is 102 cm³/mol. The second kappa shape index (κ2) is 7.82. The number of hydrogen-bond acceptors (Lipinski definition) is 5. The highest BCUT2D eigenvalue weighted by atomic mass is 79.9. The minimum Gasteiger partial charge on any atom is -0.446 e. The maximum atomic E-state index is 12.1. The number of carbonyl (C=O) groups is 1. The van der Waals surface area contributed by atoms with Crippen LogP contribution in [0, 0.1) is 0 Å². The molecule has 0 aliphatic carbocycles. The predicted octanol–water partition coefficient (Wildman–Crippen LogP) is 4.88. The number of nitrogens with one attached hydrogen (secondary N) is 1. The Labute approximate surface area is 166 Å². The third-order valence-electron chi connectivity index (χ3n) is 3.11. The normalized spacial score (nSPS) is 10.9. The van der Waals surface area contributed by atoms with Gasteiger partial charge in [-0.15, -0.1) is 10.2 Å². The fourth-order valence-corrected chi connectivity index (χ4v) is 3.59. The molecular weight excluding hydrogens is 451 g/mol. The molecule has 2 aromatic heterocycles. The Kier molecular flexibility index (Phi) is 5.73. The van der Waals surface area contributed by atoms with Crippen LogP contribution < -0.4 is 5.32 Å². The first kappa shape index (κ1) is 18.3. The van der Waals surface area contributed by atoms with Gasteiger partial charge in [-0.05, 0) is 46.3 Å². The van der Waals surface area contributed by atoms with E-state index in [-0.39, 0.29) is 11.7 Å². The summed E-state index contributed by atoms with van der Waals surface area (Å²) in [6.45, 7) is 0. The molecule has 0 unspecified atom stereocenters. The van der Waals surface area contributed by atoms with Gasteiger partial charge in [-0.3, -0.25) is 4.79 Å². The summed E-state index contributed by atoms with van der Waals surface area (Å²) >= 11 is 16.3. The van der Waals surface area contributed by atoms with E-state index in [4.69, 9.17) is 27.6 Å². The molecule has 2 heterocycles. The molecule has 3 rings (SSSR count). The van der Waals surface area contributed by atoms with Crippen LogP contribution in [0.15, 0.2) is 44.6 Å². The Morgan fingerprint density at radius 1 is 1.28 bits per heavy atom. The number of thioether (sulfide) groups is 1. The van der Waals surface area contributed by atoms with Gasteiger partial charge >= 0.3 is 0 Å². The third-order valence-corrected chi connectivity index (χ3v) is 4.99. The van der Waals surface area contributed by atoms with Crippen LogP contribution in [-0.4, -0.2) is 26.4 Å². The van der Waals surface area contributed by atoms with Crippen LogP contribution in [-0.2, 0) is 11.8 Å². The lowest BCUT2D eigenvalue weighted by Crippen LogP contribution is -2.14. The zero-order valence-corrected chi connectivity index (χ0v) is 16.7. The van der Waals surface area contributed by atoms with E-state index in [2.05, 4.69) is 31.4 Å². The van der Waals surface area contributed by atoms with E-state index < -0.39 is 0 Å². The van der Waals surface area contributed by atoms with E-state index in [0.29, 0.717) is 37.1 Å². The summed E-state index contributed by atoms with van der Waals surface area (Å²) in [5.74, 6) is 1.13. The number of furan rings is 1. The summed E-state index contributed by atoms with van der Waals surface area (Å²) in [6, 6.07) is 8.43. The van der Waals surface area contributed by atoms with Crippen molar-refractivity contribution in [3.8, 4) is 11.6 Å². The number of nitrogens with zero attached hydrogens (tertiary/aromatic N) is 3. The summed E-state index contributed by atoms with van der Waals surface area (Å²) in [7, 11) is 1.81. The Morgan fingerprint density at radius 2 is 2.00 bits per heavy atom. The lowest BCUT2D eigenvalue weighted by atomic mass is 10.3. The van der Waals surface area contributed by atoms with Crippen LogP contribution in [0.4, 0.5) is 5.69 Å². The van der Waals surface area contributed by atoms with Crippen molar-refractivity contribution < 1.29 is 9.21 Å². The Morgan fingerprint density at radius 3 is 2.64 bits per heavy atom. The zero-order valence-electron chi connectivity index (χ0n) is 12.8. The largest absolute Gasteiger partial charge is 0.446 e. The Bertz CT molecular complexity index is 908. The molecule has 0 aliphatic rings. The summed E-state index contributed by atoms with van der Waals surface area (Å²) < 4.78 is 7.84. The first-order chi connectivity index (χ1) is 11.9. The first-order valence-electron chi connectivity index (χ1n) is 6.96. The van der Waals surface area contributed by atoms with Gasteiger partial charge in [-0.25, -0.2) is 0 Å². The minimum atomic E-state index is -0.200. The third kappa shape index (κ3) is 4.58. The van der Waals surface area contributed by atoms with Gasteiger partial charge in [0.1, 0.15) is 0 Å². The highest BCUT2D eigenvalue weighted by Crippen LogP contribution is 2.27. The van der Waals surface area contributed by atoms with Gasteiger partial charge < -0.3 is 14.3 Å². The molecule has 10 heteroatoms. The molecule has 6 nitrogen and oxygen atoms in total. The molecule has 1 N–H and O–H groups in total. The number of amides is 1. The quantitative estimate of drug-likeness (QED) is 0.548. The van der Waals surface area contributed by atoms with Gasteiger partial charge in [0.25, 0.3) is 0 Å². The second-order valence-electron chi connectivity index (χ2n) is 4.96. The smallest absolute Gasteiger partial charge is 0.234 e. The van der Waals surface area contributed by atoms with E-state index >= 15 is 0 Å². The number of hydrogen-bond donors (Lipinski definition) is 1. The second-order valence-corrected chi connectivity index (χ2v) is 7.56. The standard InChI is InChI=1S/C15H11BrCl2N4O2S/c1-22-14(11-2-3-12(16)24-11)20-21-15(22)25-7-13(23)19-10-5-8(17)4-9(18)6-10/h2-6H,7H2,1H3,(H,19,23). The molecule has 0 saturated heterocycles. The van der Waals surface area contributed by atoms with Crippen molar-refractivity contribution in [1.82, 2.24) is 14.8 Å². The van der Waals surface area contributed by atoms with E-state index in [1.807, 2.05) is 7.05 Å². The molecule has 1 amide bonds. The van der Waals surface area contributed by atoms with E-state index in [9.17, 15) is 4.79 Å². The van der Waals surface area contributed by atoms with Crippen LogP contribution >= 0.6 is 50.9 Å². The maximum Gasteiger partial charge on any atom is 0.234 e. The number of aromatic nitrogens is 3. The Hall–Kier alpha value is -1.48. The van der Waals surface area contributed by atoms with Gasteiger partial charge in [0, 0.05) is 22.8 Å². The minimum absolute atomic E-state index is 0.165. The molecule has 0 atom stereocenters. The highest BCUT2D eigenvalue weighted by Gasteiger charge is 2.15. The SMILES string of the molecule is Cn1c(SCC(=O)Nc2cc(Cl)cc(Cl)c2)nnc1-c1ccc(Br)o1.